The standard InChI is InChI=1S/C9H15N3OS/c1-3-13-8(6-14-10)9-11-4-7(2)5-12-9/h4-5,8H,3,6,10H2,1-2H3. The molecule has 1 aromatic rings. The monoisotopic (exact) mass is 213 g/mol. The summed E-state index contributed by atoms with van der Waals surface area (Å²) in [6, 6.07) is 0. The predicted molar refractivity (Wildman–Crippen MR) is 57.8 cm³/mol. The third-order valence-corrected chi connectivity index (χ3v) is 2.20. The van der Waals surface area contributed by atoms with Gasteiger partial charge in [0.15, 0.2) is 5.82 Å². The number of nitrogens with two attached hydrogens (primary N) is 1. The molecule has 1 aromatic heterocycles. The van der Waals surface area contributed by atoms with Gasteiger partial charge in [0.25, 0.3) is 0 Å². The highest BCUT2D eigenvalue weighted by molar-refractivity contribution is 7.97. The van der Waals surface area contributed by atoms with Gasteiger partial charge < -0.3 is 4.74 Å². The molecule has 0 fully saturated rings. The van der Waals surface area contributed by atoms with Gasteiger partial charge in [-0.15, -0.1) is 0 Å². The molecule has 2 N–H and O–H groups in total. The number of hydrogen-bond donors (Lipinski definition) is 1. The van der Waals surface area contributed by atoms with E-state index in [0.717, 1.165) is 5.56 Å². The van der Waals surface area contributed by atoms with Crippen molar-refractivity contribution in [3.8, 4) is 0 Å². The van der Waals surface area contributed by atoms with Gasteiger partial charge in [-0.3, -0.25) is 5.14 Å². The van der Waals surface area contributed by atoms with E-state index in [2.05, 4.69) is 9.97 Å². The third kappa shape index (κ3) is 3.25. The van der Waals surface area contributed by atoms with Crippen LogP contribution < -0.4 is 5.14 Å². The molecule has 14 heavy (non-hydrogen) atoms. The zero-order valence-corrected chi connectivity index (χ0v) is 9.25. The molecule has 0 aliphatic heterocycles. The van der Waals surface area contributed by atoms with Crippen LogP contribution in [0.2, 0.25) is 0 Å². The van der Waals surface area contributed by atoms with Gasteiger partial charge in [-0.2, -0.15) is 0 Å². The van der Waals surface area contributed by atoms with Crippen LogP contribution in [0.3, 0.4) is 0 Å². The van der Waals surface area contributed by atoms with E-state index in [1.807, 2.05) is 13.8 Å². The molecule has 1 rings (SSSR count). The zero-order valence-electron chi connectivity index (χ0n) is 8.43. The maximum absolute atomic E-state index is 5.48. The quantitative estimate of drug-likeness (QED) is 0.750. The highest BCUT2D eigenvalue weighted by atomic mass is 32.2. The van der Waals surface area contributed by atoms with Gasteiger partial charge in [0, 0.05) is 24.8 Å². The Morgan fingerprint density at radius 2 is 2.14 bits per heavy atom. The maximum atomic E-state index is 5.48. The van der Waals surface area contributed by atoms with Crippen LogP contribution in [0.5, 0.6) is 0 Å². The van der Waals surface area contributed by atoms with Crippen molar-refractivity contribution in [1.29, 1.82) is 0 Å². The average Bonchev–Trinajstić information content (AvgIpc) is 2.19. The molecular formula is C9H15N3OS. The Balaban J connectivity index is 2.71. The first kappa shape index (κ1) is 11.4. The summed E-state index contributed by atoms with van der Waals surface area (Å²) >= 11 is 1.24. The number of hydrogen-bond acceptors (Lipinski definition) is 5. The molecule has 0 aliphatic rings. The van der Waals surface area contributed by atoms with E-state index in [1.165, 1.54) is 11.9 Å². The Morgan fingerprint density at radius 1 is 1.50 bits per heavy atom. The van der Waals surface area contributed by atoms with Gasteiger partial charge in [0.1, 0.15) is 6.10 Å². The summed E-state index contributed by atoms with van der Waals surface area (Å²) in [5.41, 5.74) is 1.05. The summed E-state index contributed by atoms with van der Waals surface area (Å²) in [5.74, 6) is 1.38. The van der Waals surface area contributed by atoms with Crippen molar-refractivity contribution < 1.29 is 4.74 Å². The molecule has 0 aromatic carbocycles. The van der Waals surface area contributed by atoms with Gasteiger partial charge in [-0.1, -0.05) is 11.9 Å². The van der Waals surface area contributed by atoms with E-state index >= 15 is 0 Å². The van der Waals surface area contributed by atoms with Crippen molar-refractivity contribution in [3.63, 3.8) is 0 Å². The van der Waals surface area contributed by atoms with Crippen LogP contribution in [0, 0.1) is 6.92 Å². The van der Waals surface area contributed by atoms with Crippen molar-refractivity contribution in [2.75, 3.05) is 12.4 Å². The molecule has 4 nitrogen and oxygen atoms in total. The molecule has 5 heteroatoms. The van der Waals surface area contributed by atoms with Crippen LogP contribution in [0.1, 0.15) is 24.4 Å². The molecule has 0 amide bonds. The van der Waals surface area contributed by atoms with Gasteiger partial charge in [0.2, 0.25) is 0 Å². The summed E-state index contributed by atoms with van der Waals surface area (Å²) in [4.78, 5) is 8.42. The molecule has 1 atom stereocenters. The van der Waals surface area contributed by atoms with E-state index in [0.29, 0.717) is 18.2 Å². The Kier molecular flexibility index (Phi) is 4.86. The second-order valence-electron chi connectivity index (χ2n) is 2.90. The van der Waals surface area contributed by atoms with E-state index in [4.69, 9.17) is 9.88 Å². The fourth-order valence-electron chi connectivity index (χ4n) is 1.05. The van der Waals surface area contributed by atoms with Crippen LogP contribution in [0.15, 0.2) is 12.4 Å². The highest BCUT2D eigenvalue weighted by Gasteiger charge is 2.13. The Labute approximate surface area is 88.4 Å². The van der Waals surface area contributed by atoms with E-state index in [-0.39, 0.29) is 6.10 Å². The topological polar surface area (TPSA) is 61.0 Å². The zero-order chi connectivity index (χ0) is 10.4. The first-order chi connectivity index (χ1) is 6.77. The van der Waals surface area contributed by atoms with E-state index in [1.54, 1.807) is 12.4 Å². The van der Waals surface area contributed by atoms with Gasteiger partial charge in [-0.25, -0.2) is 9.97 Å². The van der Waals surface area contributed by atoms with Crippen molar-refractivity contribution in [2.24, 2.45) is 5.14 Å². The molecule has 0 saturated carbocycles. The molecule has 78 valence electrons. The number of aromatic nitrogens is 2. The smallest absolute Gasteiger partial charge is 0.157 e. The normalized spacial score (nSPS) is 12.8. The summed E-state index contributed by atoms with van der Waals surface area (Å²) in [6.45, 7) is 4.54. The van der Waals surface area contributed by atoms with Crippen LogP contribution in [-0.2, 0) is 4.74 Å². The molecule has 0 spiro atoms. The highest BCUT2D eigenvalue weighted by Crippen LogP contribution is 2.16. The first-order valence-corrected chi connectivity index (χ1v) is 5.54. The SMILES string of the molecule is CCOC(CSN)c1ncc(C)cn1. The fourth-order valence-corrected chi connectivity index (χ4v) is 1.47. The van der Waals surface area contributed by atoms with Crippen LogP contribution >= 0.6 is 11.9 Å². The third-order valence-electron chi connectivity index (χ3n) is 1.70. The van der Waals surface area contributed by atoms with Crippen molar-refractivity contribution in [1.82, 2.24) is 9.97 Å². The molecule has 0 aliphatic carbocycles. The fraction of sp³-hybridized carbons (Fsp3) is 0.556. The van der Waals surface area contributed by atoms with Gasteiger partial charge >= 0.3 is 0 Å². The van der Waals surface area contributed by atoms with Crippen molar-refractivity contribution in [3.05, 3.63) is 23.8 Å². The average molecular weight is 213 g/mol. The molecule has 1 heterocycles. The molecule has 1 unspecified atom stereocenters. The lowest BCUT2D eigenvalue weighted by atomic mass is 10.3. The summed E-state index contributed by atoms with van der Waals surface area (Å²) < 4.78 is 5.48. The Hall–Kier alpha value is -0.650. The second kappa shape index (κ2) is 5.95. The van der Waals surface area contributed by atoms with Crippen molar-refractivity contribution in [2.45, 2.75) is 20.0 Å². The molecule has 0 radical (unpaired) electrons. The van der Waals surface area contributed by atoms with Crippen LogP contribution in [0.25, 0.3) is 0 Å². The minimum Gasteiger partial charge on any atom is -0.370 e. The van der Waals surface area contributed by atoms with Gasteiger partial charge in [-0.05, 0) is 19.4 Å². The van der Waals surface area contributed by atoms with Crippen molar-refractivity contribution >= 4 is 11.9 Å². The number of rotatable bonds is 5. The number of aryl methyl sites for hydroxylation is 1. The molecule has 0 saturated heterocycles. The van der Waals surface area contributed by atoms with E-state index < -0.39 is 0 Å². The van der Waals surface area contributed by atoms with Crippen LogP contribution in [0.4, 0.5) is 0 Å². The number of nitrogens with zero attached hydrogens (tertiary/aromatic N) is 2. The van der Waals surface area contributed by atoms with E-state index in [9.17, 15) is 0 Å². The summed E-state index contributed by atoms with van der Waals surface area (Å²) in [5, 5.41) is 5.41. The first-order valence-electron chi connectivity index (χ1n) is 4.49. The largest absolute Gasteiger partial charge is 0.370 e. The molecular weight excluding hydrogens is 198 g/mol. The maximum Gasteiger partial charge on any atom is 0.157 e. The van der Waals surface area contributed by atoms with Crippen LogP contribution in [-0.4, -0.2) is 22.3 Å². The summed E-state index contributed by atoms with van der Waals surface area (Å²) in [7, 11) is 0. The molecule has 0 bridgehead atoms. The Bertz CT molecular complexity index is 259. The predicted octanol–water partition coefficient (Wildman–Crippen LogP) is 1.47. The lowest BCUT2D eigenvalue weighted by molar-refractivity contribution is 0.0734. The number of ether oxygens (including phenoxy) is 1. The Morgan fingerprint density at radius 3 is 2.64 bits per heavy atom. The lowest BCUT2D eigenvalue weighted by Crippen LogP contribution is -2.12. The lowest BCUT2D eigenvalue weighted by Gasteiger charge is -2.13. The summed E-state index contributed by atoms with van der Waals surface area (Å²) in [6.07, 6.45) is 3.47. The second-order valence-corrected chi connectivity index (χ2v) is 3.56. The van der Waals surface area contributed by atoms with Gasteiger partial charge in [0.05, 0.1) is 0 Å². The minimum absolute atomic E-state index is 0.101. The minimum atomic E-state index is -0.101.